The number of rotatable bonds is 7. The van der Waals surface area contributed by atoms with Gasteiger partial charge in [-0.2, -0.15) is 0 Å². The summed E-state index contributed by atoms with van der Waals surface area (Å²) in [5, 5.41) is 7.67. The lowest BCUT2D eigenvalue weighted by molar-refractivity contribution is 0.0930. The molecule has 0 fully saturated rings. The van der Waals surface area contributed by atoms with Crippen LogP contribution in [0.25, 0.3) is 10.2 Å². The van der Waals surface area contributed by atoms with Gasteiger partial charge in [-0.3, -0.25) is 19.9 Å². The molecule has 0 aliphatic rings. The van der Waals surface area contributed by atoms with E-state index in [0.717, 1.165) is 4.70 Å². The number of carbonyl (C=O) groups is 2. The van der Waals surface area contributed by atoms with Gasteiger partial charge < -0.3 is 10.1 Å². The van der Waals surface area contributed by atoms with Crippen molar-refractivity contribution in [2.24, 2.45) is 0 Å². The Bertz CT molecular complexity index is 960. The van der Waals surface area contributed by atoms with E-state index in [-0.39, 0.29) is 18.4 Å². The maximum Gasteiger partial charge on any atom is 0.285 e. The normalized spacial score (nSPS) is 10.3. The van der Waals surface area contributed by atoms with Gasteiger partial charge in [-0.1, -0.05) is 12.7 Å². The Kier molecular flexibility index (Phi) is 5.40. The lowest BCUT2D eigenvalue weighted by Crippen LogP contribution is -2.24. The number of nitrogens with one attached hydrogen (secondary N) is 2. The Morgan fingerprint density at radius 1 is 1.31 bits per heavy atom. The fourth-order valence-electron chi connectivity index (χ4n) is 2.01. The molecule has 2 amide bonds. The highest BCUT2D eigenvalue weighted by Crippen LogP contribution is 2.26. The van der Waals surface area contributed by atoms with Gasteiger partial charge in [0.25, 0.3) is 11.8 Å². The first kappa shape index (κ1) is 17.8. The molecule has 0 atom stereocenters. The van der Waals surface area contributed by atoms with E-state index in [0.29, 0.717) is 21.1 Å². The molecule has 3 aromatic rings. The van der Waals surface area contributed by atoms with Crippen molar-refractivity contribution in [2.45, 2.75) is 0 Å². The lowest BCUT2D eigenvalue weighted by Gasteiger charge is -2.09. The molecule has 0 unspecified atom stereocenters. The minimum Gasteiger partial charge on any atom is -0.475 e. The van der Waals surface area contributed by atoms with Crippen molar-refractivity contribution in [1.29, 1.82) is 0 Å². The van der Waals surface area contributed by atoms with Crippen LogP contribution >= 0.6 is 22.7 Å². The van der Waals surface area contributed by atoms with E-state index in [1.54, 1.807) is 36.0 Å². The van der Waals surface area contributed by atoms with Gasteiger partial charge in [0.2, 0.25) is 0 Å². The number of amides is 2. The largest absolute Gasteiger partial charge is 0.475 e. The number of carbonyl (C=O) groups excluding carboxylic acids is 2. The van der Waals surface area contributed by atoms with Gasteiger partial charge in [0.1, 0.15) is 17.1 Å². The minimum atomic E-state index is -0.427. The van der Waals surface area contributed by atoms with Gasteiger partial charge in [-0.05, 0) is 24.1 Å². The van der Waals surface area contributed by atoms with Crippen molar-refractivity contribution in [3.8, 4) is 0 Å². The molecule has 0 saturated heterocycles. The molecule has 0 aliphatic heterocycles. The van der Waals surface area contributed by atoms with Crippen molar-refractivity contribution in [3.63, 3.8) is 0 Å². The number of pyridine rings is 1. The zero-order valence-corrected chi connectivity index (χ0v) is 15.2. The van der Waals surface area contributed by atoms with Gasteiger partial charge >= 0.3 is 0 Å². The zero-order valence-electron chi connectivity index (χ0n) is 13.5. The first-order chi connectivity index (χ1) is 12.6. The van der Waals surface area contributed by atoms with E-state index < -0.39 is 5.91 Å². The number of thiazole rings is 1. The summed E-state index contributed by atoms with van der Waals surface area (Å²) in [6.07, 6.45) is 4.79. The first-order valence-electron chi connectivity index (χ1n) is 7.42. The molecule has 7 nitrogen and oxygen atoms in total. The van der Waals surface area contributed by atoms with Crippen LogP contribution in [0.4, 0.5) is 5.00 Å². The fraction of sp³-hybridized carbons (Fsp3) is 0.0588. The molecular weight excluding hydrogens is 372 g/mol. The maximum absolute atomic E-state index is 12.5. The van der Waals surface area contributed by atoms with Gasteiger partial charge in [-0.25, -0.2) is 4.98 Å². The number of hydrogen-bond acceptors (Lipinski definition) is 7. The van der Waals surface area contributed by atoms with Gasteiger partial charge in [0, 0.05) is 6.20 Å². The number of ether oxygens (including phenoxy) is 1. The first-order valence-corrected chi connectivity index (χ1v) is 9.11. The second-order valence-corrected chi connectivity index (χ2v) is 6.90. The Hall–Kier alpha value is -3.04. The molecule has 3 heterocycles. The SMILES string of the molecule is C=CCOC(=C)NC(=O)c1ccsc1NC(=O)c1nc2cnccc2s1. The zero-order chi connectivity index (χ0) is 18.5. The van der Waals surface area contributed by atoms with Gasteiger partial charge in [-0.15, -0.1) is 22.7 Å². The third-order valence-electron chi connectivity index (χ3n) is 3.15. The van der Waals surface area contributed by atoms with Crippen LogP contribution in [0.2, 0.25) is 0 Å². The molecule has 132 valence electrons. The highest BCUT2D eigenvalue weighted by Gasteiger charge is 2.18. The minimum absolute atomic E-state index is 0.108. The highest BCUT2D eigenvalue weighted by atomic mass is 32.1. The predicted molar refractivity (Wildman–Crippen MR) is 102 cm³/mol. The van der Waals surface area contributed by atoms with E-state index >= 15 is 0 Å². The van der Waals surface area contributed by atoms with Gasteiger partial charge in [0.15, 0.2) is 10.9 Å². The third kappa shape index (κ3) is 3.95. The number of fused-ring (bicyclic) bond motifs is 1. The molecule has 3 aromatic heterocycles. The van der Waals surface area contributed by atoms with Crippen molar-refractivity contribution in [3.05, 3.63) is 65.6 Å². The van der Waals surface area contributed by atoms with E-state index in [1.165, 1.54) is 22.7 Å². The molecule has 26 heavy (non-hydrogen) atoms. The van der Waals surface area contributed by atoms with E-state index in [9.17, 15) is 9.59 Å². The van der Waals surface area contributed by atoms with Crippen LogP contribution in [0.15, 0.2) is 55.0 Å². The quantitative estimate of drug-likeness (QED) is 0.479. The van der Waals surface area contributed by atoms with Crippen LogP contribution in [0.5, 0.6) is 0 Å². The second kappa shape index (κ2) is 7.89. The summed E-state index contributed by atoms with van der Waals surface area (Å²) < 4.78 is 6.01. The van der Waals surface area contributed by atoms with E-state index in [2.05, 4.69) is 33.8 Å². The second-order valence-electron chi connectivity index (χ2n) is 4.96. The number of aromatic nitrogens is 2. The Labute approximate surface area is 157 Å². The molecule has 0 spiro atoms. The molecule has 9 heteroatoms. The van der Waals surface area contributed by atoms with Crippen LogP contribution in [-0.2, 0) is 4.74 Å². The van der Waals surface area contributed by atoms with Crippen LogP contribution in [0.3, 0.4) is 0 Å². The highest BCUT2D eigenvalue weighted by molar-refractivity contribution is 7.20. The van der Waals surface area contributed by atoms with Crippen molar-refractivity contribution in [2.75, 3.05) is 11.9 Å². The number of hydrogen-bond donors (Lipinski definition) is 2. The summed E-state index contributed by atoms with van der Waals surface area (Å²) in [4.78, 5) is 33.0. The van der Waals surface area contributed by atoms with Gasteiger partial charge in [0.05, 0.1) is 16.5 Å². The molecule has 0 aliphatic carbocycles. The van der Waals surface area contributed by atoms with Crippen molar-refractivity contribution >= 4 is 49.7 Å². The lowest BCUT2D eigenvalue weighted by atomic mass is 10.3. The molecule has 0 aromatic carbocycles. The molecule has 3 rings (SSSR count). The summed E-state index contributed by atoms with van der Waals surface area (Å²) in [5.41, 5.74) is 0.969. The van der Waals surface area contributed by atoms with E-state index in [1.807, 2.05) is 0 Å². The summed E-state index contributed by atoms with van der Waals surface area (Å²) in [6, 6.07) is 3.40. The monoisotopic (exact) mass is 386 g/mol. The average Bonchev–Trinajstić information content (AvgIpc) is 3.26. The van der Waals surface area contributed by atoms with E-state index in [4.69, 9.17) is 4.74 Å². The smallest absolute Gasteiger partial charge is 0.285 e. The molecule has 0 radical (unpaired) electrons. The van der Waals surface area contributed by atoms with Crippen molar-refractivity contribution in [1.82, 2.24) is 15.3 Å². The molecule has 0 bridgehead atoms. The van der Waals surface area contributed by atoms with Crippen LogP contribution < -0.4 is 10.6 Å². The standard InChI is InChI=1S/C17H14N4O3S2/c1-3-7-24-10(2)19-14(22)11-5-8-25-16(11)21-15(23)17-20-12-9-18-6-4-13(12)26-17/h3-6,8-9H,1-2,7H2,(H,19,22)(H,21,23). The van der Waals surface area contributed by atoms with Crippen LogP contribution in [0, 0.1) is 0 Å². The summed E-state index contributed by atoms with van der Waals surface area (Å²) in [6.45, 7) is 7.36. The Morgan fingerprint density at radius 2 is 2.15 bits per heavy atom. The summed E-state index contributed by atoms with van der Waals surface area (Å²) in [5.74, 6) is -0.703. The molecule has 2 N–H and O–H groups in total. The summed E-state index contributed by atoms with van der Waals surface area (Å²) in [7, 11) is 0. The number of nitrogens with zero attached hydrogens (tertiary/aromatic N) is 2. The maximum atomic E-state index is 12.5. The molecule has 0 saturated carbocycles. The van der Waals surface area contributed by atoms with Crippen LogP contribution in [0.1, 0.15) is 20.2 Å². The predicted octanol–water partition coefficient (Wildman–Crippen LogP) is 3.41. The Morgan fingerprint density at radius 3 is 2.92 bits per heavy atom. The number of anilines is 1. The van der Waals surface area contributed by atoms with Crippen molar-refractivity contribution < 1.29 is 14.3 Å². The average molecular weight is 386 g/mol. The third-order valence-corrected chi connectivity index (χ3v) is 5.01. The number of thiophene rings is 1. The Balaban J connectivity index is 1.71. The fourth-order valence-corrected chi connectivity index (χ4v) is 3.62. The topological polar surface area (TPSA) is 93.2 Å². The van der Waals surface area contributed by atoms with Crippen LogP contribution in [-0.4, -0.2) is 28.4 Å². The summed E-state index contributed by atoms with van der Waals surface area (Å²) >= 11 is 2.50. The molecular formula is C17H14N4O3S2.